The number of carbonyl (C=O) groups is 2. The van der Waals surface area contributed by atoms with Crippen LogP contribution in [0.1, 0.15) is 11.1 Å². The number of ether oxygens (including phenoxy) is 6. The van der Waals surface area contributed by atoms with Gasteiger partial charge in [0.15, 0.2) is 0 Å². The third-order valence-electron chi connectivity index (χ3n) is 3.43. The van der Waals surface area contributed by atoms with E-state index in [2.05, 4.69) is 0 Å². The Morgan fingerprint density at radius 1 is 0.808 bits per heavy atom. The van der Waals surface area contributed by atoms with Crippen LogP contribution in [0.25, 0.3) is 0 Å². The molecular formula is C18H18O8. The number of esters is 2. The molecule has 8 heteroatoms. The summed E-state index contributed by atoms with van der Waals surface area (Å²) in [7, 11) is 0. The van der Waals surface area contributed by atoms with Crippen LogP contribution in [0, 0.1) is 0 Å². The SMILES string of the molecule is O=C(OCc1cccc(COC(=O)C2=COCCO2)c1)C1=COCCO1. The van der Waals surface area contributed by atoms with E-state index in [1.807, 2.05) is 0 Å². The van der Waals surface area contributed by atoms with Crippen LogP contribution in [-0.2, 0) is 51.2 Å². The van der Waals surface area contributed by atoms with Crippen molar-refractivity contribution in [3.8, 4) is 0 Å². The first-order chi connectivity index (χ1) is 12.7. The van der Waals surface area contributed by atoms with Gasteiger partial charge in [-0.05, 0) is 17.2 Å². The highest BCUT2D eigenvalue weighted by Crippen LogP contribution is 2.13. The largest absolute Gasteiger partial charge is 0.493 e. The van der Waals surface area contributed by atoms with Gasteiger partial charge in [0.05, 0.1) is 0 Å². The monoisotopic (exact) mass is 362 g/mol. The first kappa shape index (κ1) is 17.7. The van der Waals surface area contributed by atoms with Crippen molar-refractivity contribution in [1.29, 1.82) is 0 Å². The quantitative estimate of drug-likeness (QED) is 0.704. The first-order valence-electron chi connectivity index (χ1n) is 8.03. The summed E-state index contributed by atoms with van der Waals surface area (Å²) in [5, 5.41) is 0. The molecule has 1 aromatic carbocycles. The lowest BCUT2D eigenvalue weighted by Crippen LogP contribution is -2.17. The van der Waals surface area contributed by atoms with Crippen molar-refractivity contribution in [2.45, 2.75) is 13.2 Å². The average Bonchev–Trinajstić information content (AvgIpc) is 2.72. The molecule has 0 fully saturated rings. The molecule has 0 unspecified atom stereocenters. The molecule has 2 heterocycles. The topological polar surface area (TPSA) is 89.5 Å². The highest BCUT2D eigenvalue weighted by Gasteiger charge is 2.18. The Hall–Kier alpha value is -3.16. The van der Waals surface area contributed by atoms with Crippen molar-refractivity contribution in [2.75, 3.05) is 26.4 Å². The maximum Gasteiger partial charge on any atom is 0.377 e. The zero-order chi connectivity index (χ0) is 18.2. The van der Waals surface area contributed by atoms with Crippen LogP contribution in [-0.4, -0.2) is 38.4 Å². The number of benzene rings is 1. The van der Waals surface area contributed by atoms with Crippen LogP contribution < -0.4 is 0 Å². The van der Waals surface area contributed by atoms with Gasteiger partial charge >= 0.3 is 11.9 Å². The summed E-state index contributed by atoms with van der Waals surface area (Å²) in [6.45, 7) is 1.56. The van der Waals surface area contributed by atoms with E-state index in [-0.39, 0.29) is 24.7 Å². The molecule has 2 aliphatic rings. The standard InChI is InChI=1S/C18H18O8/c19-17(15-11-21-4-6-23-15)25-9-13-2-1-3-14(8-13)10-26-18(20)16-12-22-5-7-24-16/h1-3,8,11-12H,4-7,9-10H2. The summed E-state index contributed by atoms with van der Waals surface area (Å²) >= 11 is 0. The molecule has 0 spiro atoms. The second-order valence-corrected chi connectivity index (χ2v) is 5.37. The molecule has 138 valence electrons. The van der Waals surface area contributed by atoms with E-state index < -0.39 is 11.9 Å². The molecule has 8 nitrogen and oxygen atoms in total. The van der Waals surface area contributed by atoms with Gasteiger partial charge in [0.1, 0.15) is 52.2 Å². The number of rotatable bonds is 6. The molecule has 0 bridgehead atoms. The van der Waals surface area contributed by atoms with E-state index in [0.29, 0.717) is 26.4 Å². The van der Waals surface area contributed by atoms with Gasteiger partial charge in [-0.15, -0.1) is 0 Å². The van der Waals surface area contributed by atoms with E-state index in [1.165, 1.54) is 12.5 Å². The summed E-state index contributed by atoms with van der Waals surface area (Å²) in [4.78, 5) is 23.7. The molecule has 0 saturated carbocycles. The summed E-state index contributed by atoms with van der Waals surface area (Å²) in [5.74, 6) is -1.10. The van der Waals surface area contributed by atoms with Crippen LogP contribution in [0.5, 0.6) is 0 Å². The Morgan fingerprint density at radius 2 is 1.31 bits per heavy atom. The maximum atomic E-state index is 11.8. The van der Waals surface area contributed by atoms with Gasteiger partial charge in [0.2, 0.25) is 11.5 Å². The van der Waals surface area contributed by atoms with Crippen molar-refractivity contribution in [3.63, 3.8) is 0 Å². The fourth-order valence-electron chi connectivity index (χ4n) is 2.20. The van der Waals surface area contributed by atoms with E-state index in [0.717, 1.165) is 11.1 Å². The molecule has 0 N–H and O–H groups in total. The second kappa shape index (κ2) is 8.80. The molecule has 0 atom stereocenters. The Labute approximate surface area is 149 Å². The third kappa shape index (κ3) is 4.92. The average molecular weight is 362 g/mol. The van der Waals surface area contributed by atoms with Crippen molar-refractivity contribution < 1.29 is 38.0 Å². The van der Waals surface area contributed by atoms with Crippen molar-refractivity contribution in [1.82, 2.24) is 0 Å². The van der Waals surface area contributed by atoms with Gasteiger partial charge in [-0.2, -0.15) is 0 Å². The number of hydrogen-bond acceptors (Lipinski definition) is 8. The van der Waals surface area contributed by atoms with Gasteiger partial charge in [-0.25, -0.2) is 9.59 Å². The predicted octanol–water partition coefficient (Wildman–Crippen LogP) is 1.55. The molecule has 0 amide bonds. The highest BCUT2D eigenvalue weighted by molar-refractivity contribution is 5.86. The Bertz CT molecular complexity index is 664. The third-order valence-corrected chi connectivity index (χ3v) is 3.43. The van der Waals surface area contributed by atoms with Crippen LogP contribution in [0.4, 0.5) is 0 Å². The van der Waals surface area contributed by atoms with Gasteiger partial charge in [-0.3, -0.25) is 0 Å². The van der Waals surface area contributed by atoms with Gasteiger partial charge in [0.25, 0.3) is 0 Å². The summed E-state index contributed by atoms with van der Waals surface area (Å²) < 4.78 is 30.7. The highest BCUT2D eigenvalue weighted by atomic mass is 16.6. The maximum absolute atomic E-state index is 11.8. The molecular weight excluding hydrogens is 344 g/mol. The normalized spacial score (nSPS) is 15.8. The number of carbonyl (C=O) groups excluding carboxylic acids is 2. The minimum atomic E-state index is -0.595. The molecule has 0 saturated heterocycles. The van der Waals surface area contributed by atoms with Crippen molar-refractivity contribution in [2.24, 2.45) is 0 Å². The minimum Gasteiger partial charge on any atom is -0.493 e. The van der Waals surface area contributed by atoms with Gasteiger partial charge < -0.3 is 28.4 Å². The molecule has 2 aliphatic heterocycles. The van der Waals surface area contributed by atoms with E-state index in [9.17, 15) is 9.59 Å². The van der Waals surface area contributed by atoms with Gasteiger partial charge in [-0.1, -0.05) is 18.2 Å². The lowest BCUT2D eigenvalue weighted by Gasteiger charge is -2.15. The Morgan fingerprint density at radius 3 is 1.73 bits per heavy atom. The van der Waals surface area contributed by atoms with Crippen LogP contribution in [0.2, 0.25) is 0 Å². The molecule has 3 rings (SSSR count). The fourth-order valence-corrected chi connectivity index (χ4v) is 2.20. The first-order valence-corrected chi connectivity index (χ1v) is 8.03. The van der Waals surface area contributed by atoms with E-state index >= 15 is 0 Å². The molecule has 26 heavy (non-hydrogen) atoms. The molecule has 1 aromatic rings. The smallest absolute Gasteiger partial charge is 0.377 e. The van der Waals surface area contributed by atoms with Crippen LogP contribution in [0.3, 0.4) is 0 Å². The minimum absolute atomic E-state index is 0.0457. The summed E-state index contributed by atoms with van der Waals surface area (Å²) in [6.07, 6.45) is 2.49. The van der Waals surface area contributed by atoms with Crippen LogP contribution in [0.15, 0.2) is 48.3 Å². The second-order valence-electron chi connectivity index (χ2n) is 5.37. The Kier molecular flexibility index (Phi) is 5.97. The summed E-state index contributed by atoms with van der Waals surface area (Å²) in [5.41, 5.74) is 1.50. The van der Waals surface area contributed by atoms with Crippen molar-refractivity contribution >= 4 is 11.9 Å². The molecule has 0 aliphatic carbocycles. The predicted molar refractivity (Wildman–Crippen MR) is 86.0 cm³/mol. The zero-order valence-electron chi connectivity index (χ0n) is 14.0. The van der Waals surface area contributed by atoms with Gasteiger partial charge in [0, 0.05) is 0 Å². The fraction of sp³-hybridized carbons (Fsp3) is 0.333. The molecule has 0 radical (unpaired) electrons. The summed E-state index contributed by atoms with van der Waals surface area (Å²) in [6, 6.07) is 7.16. The Balaban J connectivity index is 1.49. The van der Waals surface area contributed by atoms with Crippen molar-refractivity contribution in [3.05, 3.63) is 59.4 Å². The number of hydrogen-bond donors (Lipinski definition) is 0. The lowest BCUT2D eigenvalue weighted by molar-refractivity contribution is -0.146. The lowest BCUT2D eigenvalue weighted by atomic mass is 10.1. The van der Waals surface area contributed by atoms with E-state index in [4.69, 9.17) is 28.4 Å². The van der Waals surface area contributed by atoms with E-state index in [1.54, 1.807) is 24.3 Å². The van der Waals surface area contributed by atoms with Crippen LogP contribution >= 0.6 is 0 Å². The zero-order valence-corrected chi connectivity index (χ0v) is 14.0. The molecule has 0 aromatic heterocycles.